The Balaban J connectivity index is 2.12. The second kappa shape index (κ2) is 9.28. The number of carbonyl (C=O) groups is 1. The largest absolute Gasteiger partial charge is 0.496 e. The molecule has 0 bridgehead atoms. The van der Waals surface area contributed by atoms with Crippen molar-refractivity contribution < 1.29 is 23.6 Å². The molecule has 0 amide bonds. The summed E-state index contributed by atoms with van der Waals surface area (Å²) in [5, 5.41) is 0. The van der Waals surface area contributed by atoms with Gasteiger partial charge in [0.05, 0.1) is 21.3 Å². The van der Waals surface area contributed by atoms with Gasteiger partial charge in [-0.25, -0.2) is 0 Å². The van der Waals surface area contributed by atoms with Gasteiger partial charge in [0.25, 0.3) is 0 Å². The SMILES string of the molecule is COc1cc(OC)c(C(=O)[PH](=O)CCCc2ccccc2)c(OC)c1. The Hall–Kier alpha value is -2.26. The molecule has 2 aromatic rings. The predicted octanol–water partition coefficient (Wildman–Crippen LogP) is 4.05. The first kappa shape index (κ1) is 19.1. The molecule has 0 radical (unpaired) electrons. The highest BCUT2D eigenvalue weighted by Crippen LogP contribution is 2.40. The van der Waals surface area contributed by atoms with Crippen molar-refractivity contribution >= 4 is 13.3 Å². The number of carbonyl (C=O) groups excluding carboxylic acids is 1. The summed E-state index contributed by atoms with van der Waals surface area (Å²) >= 11 is 0. The van der Waals surface area contributed by atoms with Crippen LogP contribution in [0.25, 0.3) is 0 Å². The number of rotatable bonds is 9. The van der Waals surface area contributed by atoms with E-state index in [0.717, 1.165) is 6.42 Å². The monoisotopic (exact) mass is 362 g/mol. The lowest BCUT2D eigenvalue weighted by atomic mass is 10.1. The van der Waals surface area contributed by atoms with E-state index < -0.39 is 13.3 Å². The van der Waals surface area contributed by atoms with E-state index in [9.17, 15) is 9.36 Å². The van der Waals surface area contributed by atoms with Crippen LogP contribution in [0.15, 0.2) is 42.5 Å². The van der Waals surface area contributed by atoms with E-state index >= 15 is 0 Å². The summed E-state index contributed by atoms with van der Waals surface area (Å²) in [5.41, 5.74) is 0.966. The second-order valence-corrected chi connectivity index (χ2v) is 7.30. The van der Waals surface area contributed by atoms with Crippen molar-refractivity contribution in [2.24, 2.45) is 0 Å². The summed E-state index contributed by atoms with van der Waals surface area (Å²) in [6.07, 6.45) is 1.84. The smallest absolute Gasteiger partial charge is 0.225 e. The van der Waals surface area contributed by atoms with Gasteiger partial charge in [0, 0.05) is 18.3 Å². The fraction of sp³-hybridized carbons (Fsp3) is 0.316. The first-order chi connectivity index (χ1) is 12.1. The molecule has 1 unspecified atom stereocenters. The maximum Gasteiger partial charge on any atom is 0.225 e. The maximum absolute atomic E-state index is 12.7. The van der Waals surface area contributed by atoms with Gasteiger partial charge in [-0.2, -0.15) is 0 Å². The average molecular weight is 362 g/mol. The molecule has 5 nitrogen and oxygen atoms in total. The summed E-state index contributed by atoms with van der Waals surface area (Å²) in [6, 6.07) is 13.1. The minimum absolute atomic E-state index is 0.217. The molecule has 25 heavy (non-hydrogen) atoms. The van der Waals surface area contributed by atoms with E-state index in [-0.39, 0.29) is 5.56 Å². The molecule has 1 atom stereocenters. The van der Waals surface area contributed by atoms with Crippen LogP contribution in [-0.2, 0) is 11.0 Å². The number of ether oxygens (including phenoxy) is 3. The molecule has 0 aliphatic heterocycles. The Morgan fingerprint density at radius 2 is 1.56 bits per heavy atom. The van der Waals surface area contributed by atoms with E-state index in [4.69, 9.17) is 14.2 Å². The molecule has 0 fully saturated rings. The molecular formula is C19H23O5P. The van der Waals surface area contributed by atoms with Crippen molar-refractivity contribution in [2.45, 2.75) is 12.8 Å². The molecule has 2 aromatic carbocycles. The quantitative estimate of drug-likeness (QED) is 0.630. The van der Waals surface area contributed by atoms with Gasteiger partial charge in [0.2, 0.25) is 5.52 Å². The van der Waals surface area contributed by atoms with Gasteiger partial charge in [-0.1, -0.05) is 30.3 Å². The van der Waals surface area contributed by atoms with Crippen LogP contribution < -0.4 is 14.2 Å². The number of aryl methyl sites for hydroxylation is 1. The van der Waals surface area contributed by atoms with Gasteiger partial charge in [-0.15, -0.1) is 0 Å². The van der Waals surface area contributed by atoms with Gasteiger partial charge in [0.15, 0.2) is 0 Å². The minimum atomic E-state index is -2.46. The fourth-order valence-electron chi connectivity index (χ4n) is 2.58. The average Bonchev–Trinajstić information content (AvgIpc) is 2.66. The lowest BCUT2D eigenvalue weighted by Gasteiger charge is -2.14. The highest BCUT2D eigenvalue weighted by Gasteiger charge is 2.24. The number of hydrogen-bond acceptors (Lipinski definition) is 5. The first-order valence-electron chi connectivity index (χ1n) is 8.02. The van der Waals surface area contributed by atoms with Crippen LogP contribution in [-0.4, -0.2) is 33.0 Å². The van der Waals surface area contributed by atoms with Gasteiger partial charge >= 0.3 is 0 Å². The van der Waals surface area contributed by atoms with E-state index in [1.165, 1.54) is 26.9 Å². The third kappa shape index (κ3) is 4.86. The normalized spacial score (nSPS) is 11.6. The van der Waals surface area contributed by atoms with Gasteiger partial charge in [0.1, 0.15) is 30.6 Å². The van der Waals surface area contributed by atoms with Crippen molar-refractivity contribution in [2.75, 3.05) is 27.5 Å². The molecule has 0 aromatic heterocycles. The van der Waals surface area contributed by atoms with E-state index in [1.807, 2.05) is 30.3 Å². The third-order valence-electron chi connectivity index (χ3n) is 3.91. The van der Waals surface area contributed by atoms with Crippen LogP contribution in [0, 0.1) is 0 Å². The number of benzene rings is 2. The van der Waals surface area contributed by atoms with E-state index in [1.54, 1.807) is 12.1 Å². The van der Waals surface area contributed by atoms with Crippen LogP contribution in [0.2, 0.25) is 0 Å². The minimum Gasteiger partial charge on any atom is -0.496 e. The van der Waals surface area contributed by atoms with Crippen molar-refractivity contribution in [1.82, 2.24) is 0 Å². The molecule has 0 spiro atoms. The summed E-state index contributed by atoms with van der Waals surface area (Å²) in [6.45, 7) is 0. The van der Waals surface area contributed by atoms with Crippen LogP contribution in [0.5, 0.6) is 17.2 Å². The van der Waals surface area contributed by atoms with Crippen molar-refractivity contribution in [3.63, 3.8) is 0 Å². The fourth-order valence-corrected chi connectivity index (χ4v) is 3.83. The Labute approximate surface area is 148 Å². The lowest BCUT2D eigenvalue weighted by molar-refractivity contribution is 0.107. The zero-order valence-electron chi connectivity index (χ0n) is 14.7. The number of methoxy groups -OCH3 is 3. The van der Waals surface area contributed by atoms with Gasteiger partial charge < -0.3 is 18.8 Å². The standard InChI is InChI=1S/C19H23O5P/c1-22-15-12-16(23-2)18(17(13-15)24-3)19(20)25(21)11-7-10-14-8-5-4-6-9-14/h4-6,8-9,12-13,25H,7,10-11H2,1-3H3. The Morgan fingerprint density at radius 3 is 2.08 bits per heavy atom. The van der Waals surface area contributed by atoms with E-state index in [2.05, 4.69) is 0 Å². The third-order valence-corrected chi connectivity index (χ3v) is 5.47. The zero-order valence-corrected chi connectivity index (χ0v) is 15.7. The zero-order chi connectivity index (χ0) is 18.2. The van der Waals surface area contributed by atoms with Gasteiger partial charge in [-0.3, -0.25) is 4.79 Å². The Bertz CT molecular complexity index is 718. The molecule has 6 heteroatoms. The molecule has 0 saturated heterocycles. The first-order valence-corrected chi connectivity index (χ1v) is 9.63. The molecule has 0 N–H and O–H groups in total. The molecule has 0 saturated carbocycles. The van der Waals surface area contributed by atoms with Crippen LogP contribution in [0.1, 0.15) is 22.3 Å². The highest BCUT2D eigenvalue weighted by molar-refractivity contribution is 7.64. The van der Waals surface area contributed by atoms with Gasteiger partial charge in [-0.05, 0) is 18.4 Å². The molecule has 0 aliphatic rings. The summed E-state index contributed by atoms with van der Waals surface area (Å²) in [7, 11) is 1.97. The molecule has 2 rings (SSSR count). The second-order valence-electron chi connectivity index (χ2n) is 5.50. The Kier molecular flexibility index (Phi) is 7.08. The highest BCUT2D eigenvalue weighted by atomic mass is 31.1. The predicted molar refractivity (Wildman–Crippen MR) is 99.1 cm³/mol. The summed E-state index contributed by atoms with van der Waals surface area (Å²) < 4.78 is 28.2. The molecule has 0 aliphatic carbocycles. The topological polar surface area (TPSA) is 61.8 Å². The summed E-state index contributed by atoms with van der Waals surface area (Å²) in [4.78, 5) is 12.7. The lowest BCUT2D eigenvalue weighted by Crippen LogP contribution is -2.04. The summed E-state index contributed by atoms with van der Waals surface area (Å²) in [5.74, 6) is 1.12. The van der Waals surface area contributed by atoms with Crippen molar-refractivity contribution in [3.8, 4) is 17.2 Å². The van der Waals surface area contributed by atoms with Crippen molar-refractivity contribution in [1.29, 1.82) is 0 Å². The van der Waals surface area contributed by atoms with Crippen LogP contribution in [0.4, 0.5) is 0 Å². The Morgan fingerprint density at radius 1 is 0.960 bits per heavy atom. The molecule has 134 valence electrons. The van der Waals surface area contributed by atoms with Crippen molar-refractivity contribution in [3.05, 3.63) is 53.6 Å². The van der Waals surface area contributed by atoms with Crippen LogP contribution in [0.3, 0.4) is 0 Å². The maximum atomic E-state index is 12.7. The van der Waals surface area contributed by atoms with E-state index in [0.29, 0.717) is 29.8 Å². The number of hydrogen-bond donors (Lipinski definition) is 0. The molecular weight excluding hydrogens is 339 g/mol. The van der Waals surface area contributed by atoms with Crippen LogP contribution >= 0.6 is 7.80 Å². The molecule has 0 heterocycles.